The van der Waals surface area contributed by atoms with Crippen LogP contribution in [0.15, 0.2) is 22.8 Å². The summed E-state index contributed by atoms with van der Waals surface area (Å²) in [6.45, 7) is 0.659. The third kappa shape index (κ3) is 1.88. The van der Waals surface area contributed by atoms with Crippen LogP contribution >= 0.6 is 26.7 Å². The van der Waals surface area contributed by atoms with Gasteiger partial charge in [-0.3, -0.25) is 13.4 Å². The van der Waals surface area contributed by atoms with Gasteiger partial charge in [-0.2, -0.15) is 0 Å². The van der Waals surface area contributed by atoms with Crippen LogP contribution in [0.2, 0.25) is 0 Å². The number of rotatable bonds is 1. The fourth-order valence-electron chi connectivity index (χ4n) is 1.46. The summed E-state index contributed by atoms with van der Waals surface area (Å²) in [5, 5.41) is 0. The van der Waals surface area contributed by atoms with Gasteiger partial charge in [0.25, 0.3) is 0 Å². The highest BCUT2D eigenvalue weighted by Crippen LogP contribution is 2.50. The molecule has 6 heteroatoms. The Hall–Kier alpha value is -0.300. The second-order valence-electron chi connectivity index (χ2n) is 3.11. The van der Waals surface area contributed by atoms with Crippen LogP contribution in [0.4, 0.5) is 5.82 Å². The molecule has 0 atom stereocenters. The lowest BCUT2D eigenvalue weighted by Crippen LogP contribution is -2.22. The molecule has 78 valence electrons. The zero-order chi connectivity index (χ0) is 10.2. The van der Waals surface area contributed by atoms with E-state index in [2.05, 4.69) is 20.9 Å². The summed E-state index contributed by atoms with van der Waals surface area (Å²) in [5.41, 5.74) is 0. The molecule has 1 saturated heterocycles. The minimum Gasteiger partial charge on any atom is -0.282 e. The van der Waals surface area contributed by atoms with E-state index in [1.165, 1.54) is 0 Å². The average molecular weight is 279 g/mol. The van der Waals surface area contributed by atoms with E-state index in [0.717, 1.165) is 6.42 Å². The first kappa shape index (κ1) is 10.2. The maximum atomic E-state index is 9.71. The van der Waals surface area contributed by atoms with E-state index in [9.17, 15) is 9.11 Å². The summed E-state index contributed by atoms with van der Waals surface area (Å²) in [4.78, 5) is 4.19. The van der Waals surface area contributed by atoms with Crippen molar-refractivity contribution in [3.05, 3.63) is 22.8 Å². The number of aromatic nitrogens is 1. The van der Waals surface area contributed by atoms with E-state index in [1.807, 2.05) is 12.1 Å². The van der Waals surface area contributed by atoms with E-state index < -0.39 is 10.8 Å². The molecule has 14 heavy (non-hydrogen) atoms. The van der Waals surface area contributed by atoms with Gasteiger partial charge in [-0.15, -0.1) is 10.8 Å². The van der Waals surface area contributed by atoms with Crippen LogP contribution < -0.4 is 4.31 Å². The Kier molecular flexibility index (Phi) is 2.70. The zero-order valence-electron chi connectivity index (χ0n) is 7.43. The van der Waals surface area contributed by atoms with Crippen LogP contribution in [0, 0.1) is 0 Å². The van der Waals surface area contributed by atoms with Crippen molar-refractivity contribution in [3.63, 3.8) is 0 Å². The predicted octanol–water partition coefficient (Wildman–Crippen LogP) is 2.72. The Bertz CT molecular complexity index is 348. The van der Waals surface area contributed by atoms with Gasteiger partial charge in [0.1, 0.15) is 10.4 Å². The van der Waals surface area contributed by atoms with Crippen molar-refractivity contribution in [3.8, 4) is 0 Å². The Morgan fingerprint density at radius 1 is 1.43 bits per heavy atom. The largest absolute Gasteiger partial charge is 0.282 e. The Morgan fingerprint density at radius 2 is 2.21 bits per heavy atom. The third-order valence-corrected chi connectivity index (χ3v) is 4.44. The second kappa shape index (κ2) is 3.69. The minimum absolute atomic E-state index is 0.446. The number of halogens is 1. The Morgan fingerprint density at radius 3 is 2.79 bits per heavy atom. The highest BCUT2D eigenvalue weighted by molar-refractivity contribution is 9.10. The number of hydrogen-bond acceptors (Lipinski definition) is 4. The summed E-state index contributed by atoms with van der Waals surface area (Å²) in [6, 6.07) is 5.43. The molecule has 2 heterocycles. The lowest BCUT2D eigenvalue weighted by molar-refractivity contribution is 0.491. The maximum absolute atomic E-state index is 9.71. The quantitative estimate of drug-likeness (QED) is 0.776. The van der Waals surface area contributed by atoms with Crippen LogP contribution in [0.3, 0.4) is 0 Å². The first-order valence-corrected chi connectivity index (χ1v) is 6.72. The van der Waals surface area contributed by atoms with Crippen molar-refractivity contribution in [2.45, 2.75) is 6.42 Å². The number of anilines is 1. The molecule has 0 saturated carbocycles. The lowest BCUT2D eigenvalue weighted by Gasteiger charge is -2.37. The molecule has 1 aromatic rings. The molecule has 0 bridgehead atoms. The molecule has 0 aliphatic carbocycles. The smallest absolute Gasteiger partial charge is 0.147 e. The van der Waals surface area contributed by atoms with Crippen molar-refractivity contribution in [1.29, 1.82) is 0 Å². The fraction of sp³-hybridized carbons (Fsp3) is 0.375. The zero-order valence-corrected chi connectivity index (χ0v) is 9.83. The van der Waals surface area contributed by atoms with Gasteiger partial charge in [-0.05, 0) is 34.5 Å². The molecule has 1 aromatic heterocycles. The van der Waals surface area contributed by atoms with Crippen molar-refractivity contribution >= 4 is 32.5 Å². The van der Waals surface area contributed by atoms with Gasteiger partial charge in [-0.1, -0.05) is 6.07 Å². The molecule has 1 aliphatic rings. The van der Waals surface area contributed by atoms with Crippen LogP contribution in [-0.4, -0.2) is 26.4 Å². The fourth-order valence-corrected chi connectivity index (χ4v) is 3.35. The van der Waals surface area contributed by atoms with Crippen molar-refractivity contribution < 1.29 is 9.11 Å². The predicted molar refractivity (Wildman–Crippen MR) is 61.6 cm³/mol. The van der Waals surface area contributed by atoms with E-state index in [4.69, 9.17) is 0 Å². The van der Waals surface area contributed by atoms with Gasteiger partial charge in [0.15, 0.2) is 0 Å². The molecular formula is C8H11BrN2O2S. The third-order valence-electron chi connectivity index (χ3n) is 2.09. The minimum atomic E-state index is -2.61. The highest BCUT2D eigenvalue weighted by Gasteiger charge is 2.29. The van der Waals surface area contributed by atoms with Gasteiger partial charge >= 0.3 is 0 Å². The average Bonchev–Trinajstić information content (AvgIpc) is 2.45. The molecule has 1 aliphatic heterocycles. The SMILES string of the molecule is OS1(O)CCCN1c1cccc(Br)n1. The van der Waals surface area contributed by atoms with Gasteiger partial charge in [-0.25, -0.2) is 4.98 Å². The van der Waals surface area contributed by atoms with Crippen LogP contribution in [0.1, 0.15) is 6.42 Å². The van der Waals surface area contributed by atoms with Gasteiger partial charge in [0.05, 0.1) is 5.75 Å². The van der Waals surface area contributed by atoms with E-state index >= 15 is 0 Å². The molecule has 4 nitrogen and oxygen atoms in total. The van der Waals surface area contributed by atoms with Gasteiger partial charge in [0, 0.05) is 6.54 Å². The summed E-state index contributed by atoms with van der Waals surface area (Å²) in [6.07, 6.45) is 0.802. The van der Waals surface area contributed by atoms with Crippen LogP contribution in [-0.2, 0) is 0 Å². The number of hydrogen-bond donors (Lipinski definition) is 2. The molecule has 0 unspecified atom stereocenters. The highest BCUT2D eigenvalue weighted by atomic mass is 79.9. The van der Waals surface area contributed by atoms with E-state index in [-0.39, 0.29) is 0 Å². The molecule has 2 N–H and O–H groups in total. The normalized spacial score (nSPS) is 22.4. The molecule has 2 rings (SSSR count). The molecule has 0 spiro atoms. The summed E-state index contributed by atoms with van der Waals surface area (Å²) in [7, 11) is -2.61. The monoisotopic (exact) mass is 278 g/mol. The summed E-state index contributed by atoms with van der Waals surface area (Å²) in [5.74, 6) is 1.07. The Balaban J connectivity index is 2.31. The second-order valence-corrected chi connectivity index (χ2v) is 6.04. The topological polar surface area (TPSA) is 56.6 Å². The number of nitrogens with zero attached hydrogens (tertiary/aromatic N) is 2. The van der Waals surface area contributed by atoms with E-state index in [1.54, 1.807) is 10.4 Å². The van der Waals surface area contributed by atoms with Crippen molar-refractivity contribution in [2.75, 3.05) is 16.6 Å². The van der Waals surface area contributed by atoms with E-state index in [0.29, 0.717) is 22.7 Å². The molecule has 0 aromatic carbocycles. The maximum Gasteiger partial charge on any atom is 0.147 e. The van der Waals surface area contributed by atoms with Gasteiger partial charge in [0.2, 0.25) is 0 Å². The molecular weight excluding hydrogens is 268 g/mol. The van der Waals surface area contributed by atoms with Crippen LogP contribution in [0.25, 0.3) is 0 Å². The standard InChI is InChI=1S/C8H11BrN2O2S/c9-7-3-1-4-8(10-7)11-5-2-6-14(11,12)13/h1,3-4,12-13H,2,5-6H2. The molecule has 1 fully saturated rings. The summed E-state index contributed by atoms with van der Waals surface area (Å²) >= 11 is 3.25. The molecule has 0 radical (unpaired) electrons. The van der Waals surface area contributed by atoms with Gasteiger partial charge < -0.3 is 0 Å². The number of pyridine rings is 1. The Labute approximate surface area is 92.6 Å². The first-order valence-electron chi connectivity index (χ1n) is 4.26. The summed E-state index contributed by atoms with van der Waals surface area (Å²) < 4.78 is 21.7. The molecule has 0 amide bonds. The first-order chi connectivity index (χ1) is 6.59. The van der Waals surface area contributed by atoms with Crippen molar-refractivity contribution in [1.82, 2.24) is 4.98 Å². The van der Waals surface area contributed by atoms with Crippen molar-refractivity contribution in [2.24, 2.45) is 0 Å². The lowest BCUT2D eigenvalue weighted by atomic mass is 10.4. The van der Waals surface area contributed by atoms with Crippen LogP contribution in [0.5, 0.6) is 0 Å².